The highest BCUT2D eigenvalue weighted by molar-refractivity contribution is 5.75. The topological polar surface area (TPSA) is 0 Å². The van der Waals surface area contributed by atoms with Crippen molar-refractivity contribution >= 4 is 23.1 Å². The minimum Gasteiger partial charge on any atom is -0.0808 e. The van der Waals surface area contributed by atoms with Gasteiger partial charge >= 0.3 is 23.1 Å². The van der Waals surface area contributed by atoms with E-state index in [0.29, 0.717) is 0 Å². The van der Waals surface area contributed by atoms with Crippen LogP contribution in [0.2, 0.25) is 0 Å². The highest BCUT2D eigenvalue weighted by atomic mass is 24.3. The molecule has 0 spiro atoms. The SMILES string of the molecule is C1=CCC=C1.C1=CCC=C1.[MgH2]. The predicted octanol–water partition coefficient (Wildman–Crippen LogP) is 2.09. The Morgan fingerprint density at radius 3 is 0.909 bits per heavy atom. The van der Waals surface area contributed by atoms with Gasteiger partial charge in [0.05, 0.1) is 0 Å². The van der Waals surface area contributed by atoms with E-state index in [1.165, 1.54) is 0 Å². The van der Waals surface area contributed by atoms with Gasteiger partial charge in [-0.15, -0.1) is 0 Å². The molecule has 0 atom stereocenters. The van der Waals surface area contributed by atoms with E-state index in [2.05, 4.69) is 48.6 Å². The summed E-state index contributed by atoms with van der Waals surface area (Å²) in [5.74, 6) is 0. The number of allylic oxidation sites excluding steroid dienone is 8. The maximum Gasteiger partial charge on any atom is 0.316 e. The third-order valence-corrected chi connectivity index (χ3v) is 1.31. The molecule has 0 N–H and O–H groups in total. The van der Waals surface area contributed by atoms with Gasteiger partial charge in [0.2, 0.25) is 0 Å². The Labute approximate surface area is 84.5 Å². The molecule has 0 fully saturated rings. The lowest BCUT2D eigenvalue weighted by molar-refractivity contribution is 1.45. The van der Waals surface area contributed by atoms with E-state index in [9.17, 15) is 0 Å². The van der Waals surface area contributed by atoms with Gasteiger partial charge in [0.25, 0.3) is 0 Å². The second-order valence-corrected chi connectivity index (χ2v) is 2.18. The van der Waals surface area contributed by atoms with Crippen molar-refractivity contribution in [2.75, 3.05) is 0 Å². The molecule has 2 aliphatic carbocycles. The van der Waals surface area contributed by atoms with Crippen LogP contribution in [-0.4, -0.2) is 23.1 Å². The van der Waals surface area contributed by atoms with Crippen molar-refractivity contribution in [3.63, 3.8) is 0 Å². The van der Waals surface area contributed by atoms with Crippen molar-refractivity contribution in [1.29, 1.82) is 0 Å². The van der Waals surface area contributed by atoms with Crippen molar-refractivity contribution in [3.05, 3.63) is 48.6 Å². The molecule has 56 valence electrons. The zero-order valence-electron chi connectivity index (χ0n) is 6.03. The van der Waals surface area contributed by atoms with Crippen molar-refractivity contribution in [1.82, 2.24) is 0 Å². The minimum atomic E-state index is 0. The molecule has 2 rings (SSSR count). The molecule has 0 aliphatic heterocycles. The van der Waals surface area contributed by atoms with Gasteiger partial charge in [0.15, 0.2) is 0 Å². The fourth-order valence-corrected chi connectivity index (χ4v) is 0.786. The van der Waals surface area contributed by atoms with Crippen LogP contribution in [0.3, 0.4) is 0 Å². The molecule has 0 radical (unpaired) electrons. The van der Waals surface area contributed by atoms with Crippen molar-refractivity contribution in [3.8, 4) is 0 Å². The normalized spacial score (nSPS) is 16.0. The summed E-state index contributed by atoms with van der Waals surface area (Å²) >= 11 is 0. The van der Waals surface area contributed by atoms with Crippen LogP contribution in [0, 0.1) is 0 Å². The summed E-state index contributed by atoms with van der Waals surface area (Å²) in [6, 6.07) is 0. The molecule has 0 heterocycles. The smallest absolute Gasteiger partial charge is 0.0808 e. The highest BCUT2D eigenvalue weighted by Crippen LogP contribution is 1.93. The van der Waals surface area contributed by atoms with Gasteiger partial charge in [0, 0.05) is 0 Å². The third kappa shape index (κ3) is 6.14. The molecule has 2 aliphatic rings. The zero-order valence-corrected chi connectivity index (χ0v) is 6.03. The average Bonchev–Trinajstić information content (AvgIpc) is 2.67. The molecule has 0 saturated heterocycles. The fraction of sp³-hybridized carbons (Fsp3) is 0.200. The van der Waals surface area contributed by atoms with Crippen LogP contribution >= 0.6 is 0 Å². The first-order valence-corrected chi connectivity index (χ1v) is 3.63. The minimum absolute atomic E-state index is 0. The monoisotopic (exact) mass is 158 g/mol. The molecule has 0 unspecified atom stereocenters. The summed E-state index contributed by atoms with van der Waals surface area (Å²) < 4.78 is 0. The van der Waals surface area contributed by atoms with E-state index >= 15 is 0 Å². The molecule has 0 amide bonds. The first-order chi connectivity index (χ1) is 5.00. The van der Waals surface area contributed by atoms with E-state index in [1.807, 2.05) is 0 Å². The fourth-order valence-electron chi connectivity index (χ4n) is 0.786. The molecule has 0 saturated carbocycles. The summed E-state index contributed by atoms with van der Waals surface area (Å²) in [5.41, 5.74) is 0. The third-order valence-electron chi connectivity index (χ3n) is 1.31. The summed E-state index contributed by atoms with van der Waals surface area (Å²) in [6.07, 6.45) is 19.0. The molecule has 0 aromatic carbocycles. The zero-order chi connectivity index (χ0) is 7.07. The van der Waals surface area contributed by atoms with Crippen LogP contribution in [0.1, 0.15) is 12.8 Å². The Balaban J connectivity index is 0.000000167. The van der Waals surface area contributed by atoms with Gasteiger partial charge in [-0.2, -0.15) is 0 Å². The second kappa shape index (κ2) is 7.83. The molecule has 11 heavy (non-hydrogen) atoms. The van der Waals surface area contributed by atoms with Crippen LogP contribution in [-0.2, 0) is 0 Å². The van der Waals surface area contributed by atoms with E-state index in [4.69, 9.17) is 0 Å². The van der Waals surface area contributed by atoms with Crippen molar-refractivity contribution < 1.29 is 0 Å². The Hall–Kier alpha value is -0.274. The second-order valence-electron chi connectivity index (χ2n) is 2.18. The molecule has 0 aromatic heterocycles. The molecule has 1 heteroatoms. The lowest BCUT2D eigenvalue weighted by atomic mass is 10.5. The van der Waals surface area contributed by atoms with Crippen LogP contribution < -0.4 is 0 Å². The van der Waals surface area contributed by atoms with E-state index < -0.39 is 0 Å². The Bertz CT molecular complexity index is 143. The molecular formula is C10H14Mg. The van der Waals surface area contributed by atoms with Crippen LogP contribution in [0.4, 0.5) is 0 Å². The summed E-state index contributed by atoms with van der Waals surface area (Å²) in [7, 11) is 0. The maximum atomic E-state index is 2.12. The average molecular weight is 159 g/mol. The van der Waals surface area contributed by atoms with Crippen LogP contribution in [0.15, 0.2) is 48.6 Å². The first kappa shape index (κ1) is 10.7. The van der Waals surface area contributed by atoms with Gasteiger partial charge < -0.3 is 0 Å². The summed E-state index contributed by atoms with van der Waals surface area (Å²) in [4.78, 5) is 0. The van der Waals surface area contributed by atoms with E-state index in [1.54, 1.807) is 0 Å². The van der Waals surface area contributed by atoms with Gasteiger partial charge in [-0.05, 0) is 12.8 Å². The van der Waals surface area contributed by atoms with Gasteiger partial charge in [-0.25, -0.2) is 0 Å². The molecule has 0 aromatic rings. The summed E-state index contributed by atoms with van der Waals surface area (Å²) in [6.45, 7) is 0. The molecule has 0 nitrogen and oxygen atoms in total. The van der Waals surface area contributed by atoms with E-state index in [0.717, 1.165) is 12.8 Å². The Kier molecular flexibility index (Phi) is 7.63. The maximum absolute atomic E-state index is 2.12. The number of hydrogen-bond acceptors (Lipinski definition) is 0. The first-order valence-electron chi connectivity index (χ1n) is 3.63. The molecule has 0 bridgehead atoms. The van der Waals surface area contributed by atoms with Crippen molar-refractivity contribution in [2.24, 2.45) is 0 Å². The van der Waals surface area contributed by atoms with E-state index in [-0.39, 0.29) is 23.1 Å². The van der Waals surface area contributed by atoms with Crippen LogP contribution in [0.5, 0.6) is 0 Å². The number of rotatable bonds is 0. The van der Waals surface area contributed by atoms with Crippen LogP contribution in [0.25, 0.3) is 0 Å². The Morgan fingerprint density at radius 1 is 0.545 bits per heavy atom. The summed E-state index contributed by atoms with van der Waals surface area (Å²) in [5, 5.41) is 0. The largest absolute Gasteiger partial charge is 0.316 e. The lowest BCUT2D eigenvalue weighted by Gasteiger charge is -1.57. The quantitative estimate of drug-likeness (QED) is 0.474. The molecular weight excluding hydrogens is 144 g/mol. The Morgan fingerprint density at radius 2 is 0.818 bits per heavy atom. The van der Waals surface area contributed by atoms with Gasteiger partial charge in [0.1, 0.15) is 0 Å². The van der Waals surface area contributed by atoms with Gasteiger partial charge in [-0.1, -0.05) is 48.6 Å². The lowest BCUT2D eigenvalue weighted by Crippen LogP contribution is -1.37. The van der Waals surface area contributed by atoms with Gasteiger partial charge in [-0.3, -0.25) is 0 Å². The number of hydrogen-bond donors (Lipinski definition) is 0. The predicted molar refractivity (Wildman–Crippen MR) is 54.3 cm³/mol. The standard InChI is InChI=1S/2C5H6.Mg.2H/c2*1-2-4-5-3-1;;;/h2*1-4H,5H2;;;. The van der Waals surface area contributed by atoms with Crippen molar-refractivity contribution in [2.45, 2.75) is 12.8 Å². The highest BCUT2D eigenvalue weighted by Gasteiger charge is 1.72.